The minimum atomic E-state index is -0.274. The van der Waals surface area contributed by atoms with Crippen LogP contribution in [0.2, 0.25) is 0 Å². The Hall–Kier alpha value is -2.15. The van der Waals surface area contributed by atoms with Crippen LogP contribution in [0.4, 0.5) is 5.82 Å². The van der Waals surface area contributed by atoms with E-state index in [1.165, 1.54) is 11.3 Å². The topological polar surface area (TPSA) is 75.4 Å². The molecule has 2 aromatic rings. The first-order valence-electron chi connectivity index (χ1n) is 8.16. The Labute approximate surface area is 145 Å². The number of amides is 2. The van der Waals surface area contributed by atoms with Gasteiger partial charge in [-0.1, -0.05) is 37.4 Å². The SMILES string of the molecule is CCCCCCN(CC(=O)Nc1cc(C)on1)C(=O)c1cccs1. The summed E-state index contributed by atoms with van der Waals surface area (Å²) in [5, 5.41) is 8.26. The van der Waals surface area contributed by atoms with Crippen LogP contribution in [0.15, 0.2) is 28.1 Å². The molecule has 2 rings (SSSR count). The molecule has 0 bridgehead atoms. The fourth-order valence-corrected chi connectivity index (χ4v) is 3.01. The molecule has 6 nitrogen and oxygen atoms in total. The molecule has 0 saturated carbocycles. The number of hydrogen-bond donors (Lipinski definition) is 1. The number of aryl methyl sites for hydroxylation is 1. The quantitative estimate of drug-likeness (QED) is 0.700. The van der Waals surface area contributed by atoms with E-state index in [2.05, 4.69) is 17.4 Å². The fraction of sp³-hybridized carbons (Fsp3) is 0.471. The first kappa shape index (κ1) is 18.2. The second kappa shape index (κ2) is 9.22. The van der Waals surface area contributed by atoms with Crippen molar-refractivity contribution < 1.29 is 14.1 Å². The van der Waals surface area contributed by atoms with Crippen molar-refractivity contribution in [2.24, 2.45) is 0 Å². The summed E-state index contributed by atoms with van der Waals surface area (Å²) < 4.78 is 4.92. The molecule has 0 aromatic carbocycles. The molecule has 0 atom stereocenters. The monoisotopic (exact) mass is 349 g/mol. The number of carbonyl (C=O) groups excluding carboxylic acids is 2. The van der Waals surface area contributed by atoms with Crippen molar-refractivity contribution in [3.63, 3.8) is 0 Å². The van der Waals surface area contributed by atoms with E-state index >= 15 is 0 Å². The first-order chi connectivity index (χ1) is 11.6. The average Bonchev–Trinajstić information content (AvgIpc) is 3.21. The summed E-state index contributed by atoms with van der Waals surface area (Å²) in [4.78, 5) is 27.0. The standard InChI is InChI=1S/C17H23N3O3S/c1-3-4-5-6-9-20(17(22)14-8-7-10-24-14)12-16(21)18-15-11-13(2)23-19-15/h7-8,10-11H,3-6,9,12H2,1-2H3,(H,18,19,21). The Balaban J connectivity index is 1.95. The Morgan fingerprint density at radius 1 is 1.33 bits per heavy atom. The van der Waals surface area contributed by atoms with Crippen molar-refractivity contribution in [2.45, 2.75) is 39.5 Å². The molecule has 1 N–H and O–H groups in total. The molecule has 0 aliphatic carbocycles. The second-order valence-corrected chi connectivity index (χ2v) is 6.58. The largest absolute Gasteiger partial charge is 0.360 e. The molecule has 0 aliphatic heterocycles. The lowest BCUT2D eigenvalue weighted by atomic mass is 10.2. The van der Waals surface area contributed by atoms with Gasteiger partial charge in [0.2, 0.25) is 5.91 Å². The number of anilines is 1. The highest BCUT2D eigenvalue weighted by molar-refractivity contribution is 7.12. The molecule has 2 aromatic heterocycles. The number of nitrogens with one attached hydrogen (secondary N) is 1. The number of carbonyl (C=O) groups is 2. The van der Waals surface area contributed by atoms with Gasteiger partial charge in [0.1, 0.15) is 12.3 Å². The van der Waals surface area contributed by atoms with Crippen LogP contribution in [-0.2, 0) is 4.79 Å². The van der Waals surface area contributed by atoms with Crippen molar-refractivity contribution in [3.8, 4) is 0 Å². The Morgan fingerprint density at radius 2 is 2.17 bits per heavy atom. The van der Waals surface area contributed by atoms with Gasteiger partial charge in [-0.3, -0.25) is 9.59 Å². The van der Waals surface area contributed by atoms with Gasteiger partial charge in [0.05, 0.1) is 4.88 Å². The third-order valence-electron chi connectivity index (χ3n) is 3.53. The van der Waals surface area contributed by atoms with Crippen LogP contribution in [0, 0.1) is 6.92 Å². The van der Waals surface area contributed by atoms with Gasteiger partial charge in [0, 0.05) is 12.6 Å². The fourth-order valence-electron chi connectivity index (χ4n) is 2.32. The summed E-state index contributed by atoms with van der Waals surface area (Å²) in [6, 6.07) is 5.26. The minimum Gasteiger partial charge on any atom is -0.360 e. The molecule has 0 spiro atoms. The number of nitrogens with zero attached hydrogens (tertiary/aromatic N) is 2. The van der Waals surface area contributed by atoms with Gasteiger partial charge in [-0.2, -0.15) is 0 Å². The third kappa shape index (κ3) is 5.49. The number of hydrogen-bond acceptors (Lipinski definition) is 5. The number of rotatable bonds is 9. The van der Waals surface area contributed by atoms with Crippen molar-refractivity contribution in [1.82, 2.24) is 10.1 Å². The highest BCUT2D eigenvalue weighted by Crippen LogP contribution is 2.14. The van der Waals surface area contributed by atoms with Gasteiger partial charge in [0.15, 0.2) is 5.82 Å². The van der Waals surface area contributed by atoms with Gasteiger partial charge in [-0.15, -0.1) is 11.3 Å². The Kier molecular flexibility index (Phi) is 6.99. The number of unbranched alkanes of at least 4 members (excludes halogenated alkanes) is 3. The van der Waals surface area contributed by atoms with Gasteiger partial charge >= 0.3 is 0 Å². The summed E-state index contributed by atoms with van der Waals surface area (Å²) in [5.41, 5.74) is 0. The van der Waals surface area contributed by atoms with Gasteiger partial charge in [-0.05, 0) is 24.8 Å². The second-order valence-electron chi connectivity index (χ2n) is 5.64. The third-order valence-corrected chi connectivity index (χ3v) is 4.39. The highest BCUT2D eigenvalue weighted by atomic mass is 32.1. The van der Waals surface area contributed by atoms with Crippen LogP contribution in [0.3, 0.4) is 0 Å². The zero-order chi connectivity index (χ0) is 17.4. The Morgan fingerprint density at radius 3 is 2.79 bits per heavy atom. The van der Waals surface area contributed by atoms with E-state index in [0.717, 1.165) is 25.7 Å². The van der Waals surface area contributed by atoms with E-state index in [0.29, 0.717) is 23.0 Å². The van der Waals surface area contributed by atoms with Gasteiger partial charge in [-0.25, -0.2) is 0 Å². The van der Waals surface area contributed by atoms with Gasteiger partial charge < -0.3 is 14.7 Å². The highest BCUT2D eigenvalue weighted by Gasteiger charge is 2.20. The van der Waals surface area contributed by atoms with E-state index < -0.39 is 0 Å². The Bertz CT molecular complexity index is 652. The zero-order valence-electron chi connectivity index (χ0n) is 14.1. The summed E-state index contributed by atoms with van der Waals surface area (Å²) >= 11 is 1.39. The molecule has 2 heterocycles. The minimum absolute atomic E-state index is 0.00870. The van der Waals surface area contributed by atoms with E-state index in [1.54, 1.807) is 24.0 Å². The molecule has 2 amide bonds. The molecule has 7 heteroatoms. The predicted octanol–water partition coefficient (Wildman–Crippen LogP) is 3.71. The number of aromatic nitrogens is 1. The van der Waals surface area contributed by atoms with Crippen LogP contribution in [-0.4, -0.2) is 35.0 Å². The molecular formula is C17H23N3O3S. The predicted molar refractivity (Wildman–Crippen MR) is 94.2 cm³/mol. The normalized spacial score (nSPS) is 10.6. The van der Waals surface area contributed by atoms with Gasteiger partial charge in [0.25, 0.3) is 5.91 Å². The van der Waals surface area contributed by atoms with E-state index in [4.69, 9.17) is 4.52 Å². The van der Waals surface area contributed by atoms with Crippen LogP contribution < -0.4 is 5.32 Å². The lowest BCUT2D eigenvalue weighted by Crippen LogP contribution is -2.38. The van der Waals surface area contributed by atoms with E-state index in [9.17, 15) is 9.59 Å². The molecule has 24 heavy (non-hydrogen) atoms. The summed E-state index contributed by atoms with van der Waals surface area (Å²) in [7, 11) is 0. The average molecular weight is 349 g/mol. The lowest BCUT2D eigenvalue weighted by molar-refractivity contribution is -0.116. The maximum Gasteiger partial charge on any atom is 0.264 e. The lowest BCUT2D eigenvalue weighted by Gasteiger charge is -2.21. The van der Waals surface area contributed by atoms with E-state index in [1.807, 2.05) is 11.4 Å². The maximum absolute atomic E-state index is 12.6. The molecule has 0 unspecified atom stereocenters. The molecular weight excluding hydrogens is 326 g/mol. The van der Waals surface area contributed by atoms with E-state index in [-0.39, 0.29) is 18.4 Å². The molecule has 0 radical (unpaired) electrons. The summed E-state index contributed by atoms with van der Waals surface area (Å²) in [6.07, 6.45) is 4.20. The molecule has 0 fully saturated rings. The van der Waals surface area contributed by atoms with Crippen LogP contribution >= 0.6 is 11.3 Å². The number of thiophene rings is 1. The zero-order valence-corrected chi connectivity index (χ0v) is 14.9. The summed E-state index contributed by atoms with van der Waals surface area (Å²) in [5.74, 6) is 0.611. The molecule has 130 valence electrons. The summed E-state index contributed by atoms with van der Waals surface area (Å²) in [6.45, 7) is 4.47. The molecule has 0 aliphatic rings. The first-order valence-corrected chi connectivity index (χ1v) is 9.04. The maximum atomic E-state index is 12.6. The van der Waals surface area contributed by atoms with Crippen molar-refractivity contribution in [2.75, 3.05) is 18.4 Å². The van der Waals surface area contributed by atoms with Crippen molar-refractivity contribution in [1.29, 1.82) is 0 Å². The van der Waals surface area contributed by atoms with Crippen LogP contribution in [0.25, 0.3) is 0 Å². The smallest absolute Gasteiger partial charge is 0.264 e. The van der Waals surface area contributed by atoms with Crippen molar-refractivity contribution >= 4 is 29.0 Å². The molecule has 0 saturated heterocycles. The van der Waals surface area contributed by atoms with Crippen LogP contribution in [0.5, 0.6) is 0 Å². The van der Waals surface area contributed by atoms with Crippen molar-refractivity contribution in [3.05, 3.63) is 34.2 Å². The van der Waals surface area contributed by atoms with Crippen LogP contribution in [0.1, 0.15) is 48.0 Å².